The zero-order valence-electron chi connectivity index (χ0n) is 19.7. The molecule has 2 heterocycles. The predicted molar refractivity (Wildman–Crippen MR) is 135 cm³/mol. The highest BCUT2D eigenvalue weighted by molar-refractivity contribution is 5.83. The van der Waals surface area contributed by atoms with Gasteiger partial charge in [-0.05, 0) is 18.2 Å². The zero-order chi connectivity index (χ0) is 25.1. The van der Waals surface area contributed by atoms with Crippen LogP contribution in [0.15, 0.2) is 97.1 Å². The van der Waals surface area contributed by atoms with Crippen molar-refractivity contribution >= 4 is 12.2 Å². The topological polar surface area (TPSA) is 88.2 Å². The third kappa shape index (κ3) is 4.27. The number of hydrogen-bond donors (Lipinski definition) is 0. The summed E-state index contributed by atoms with van der Waals surface area (Å²) < 4.78 is 12.4. The lowest BCUT2D eigenvalue weighted by Crippen LogP contribution is -2.14. The minimum absolute atomic E-state index is 0.583. The Labute approximate surface area is 207 Å². The normalized spacial score (nSPS) is 10.7. The van der Waals surface area contributed by atoms with E-state index < -0.39 is 12.2 Å². The molecule has 8 heteroatoms. The van der Waals surface area contributed by atoms with Crippen molar-refractivity contribution in [2.75, 3.05) is 14.2 Å². The number of nitrogens with zero attached hydrogens (tertiary/aromatic N) is 4. The van der Waals surface area contributed by atoms with Crippen LogP contribution in [-0.2, 0) is 9.47 Å². The van der Waals surface area contributed by atoms with Crippen LogP contribution in [0.4, 0.5) is 9.59 Å². The quantitative estimate of drug-likeness (QED) is 0.316. The highest BCUT2D eigenvalue weighted by Crippen LogP contribution is 2.31. The van der Waals surface area contributed by atoms with E-state index in [1.807, 2.05) is 97.1 Å². The molecule has 178 valence electrons. The number of carbonyl (C=O) groups is 2. The summed E-state index contributed by atoms with van der Waals surface area (Å²) in [6.45, 7) is 0. The van der Waals surface area contributed by atoms with E-state index in [0.717, 1.165) is 22.3 Å². The average molecular weight is 479 g/mol. The van der Waals surface area contributed by atoms with Gasteiger partial charge in [0, 0.05) is 22.3 Å². The molecule has 5 aromatic rings. The zero-order valence-corrected chi connectivity index (χ0v) is 19.7. The van der Waals surface area contributed by atoms with Gasteiger partial charge in [-0.2, -0.15) is 19.6 Å². The maximum Gasteiger partial charge on any atom is 0.434 e. The first-order valence-corrected chi connectivity index (χ1v) is 11.2. The third-order valence-corrected chi connectivity index (χ3v) is 5.71. The molecule has 0 fully saturated rings. The minimum atomic E-state index is -0.583. The first kappa shape index (κ1) is 22.8. The number of rotatable bonds is 4. The van der Waals surface area contributed by atoms with Crippen LogP contribution in [0.2, 0.25) is 0 Å². The molecule has 0 aliphatic carbocycles. The van der Waals surface area contributed by atoms with Crippen LogP contribution in [0, 0.1) is 0 Å². The van der Waals surface area contributed by atoms with Gasteiger partial charge in [0.2, 0.25) is 0 Å². The Balaban J connectivity index is 1.59. The van der Waals surface area contributed by atoms with Crippen molar-refractivity contribution in [3.8, 4) is 45.0 Å². The highest BCUT2D eigenvalue weighted by Gasteiger charge is 2.20. The lowest BCUT2D eigenvalue weighted by atomic mass is 10.0. The summed E-state index contributed by atoms with van der Waals surface area (Å²) in [4.78, 5) is 24.9. The predicted octanol–water partition coefficient (Wildman–Crippen LogP) is 5.98. The van der Waals surface area contributed by atoms with Gasteiger partial charge in [0.1, 0.15) is 0 Å². The Kier molecular flexibility index (Phi) is 6.15. The Morgan fingerprint density at radius 3 is 1.33 bits per heavy atom. The second-order valence-corrected chi connectivity index (χ2v) is 7.91. The smallest absolute Gasteiger partial charge is 0.434 e. The largest absolute Gasteiger partial charge is 0.451 e. The van der Waals surface area contributed by atoms with Gasteiger partial charge in [-0.15, -0.1) is 0 Å². The summed E-state index contributed by atoms with van der Waals surface area (Å²) in [6.07, 6.45) is -1.17. The second kappa shape index (κ2) is 9.71. The van der Waals surface area contributed by atoms with Crippen molar-refractivity contribution in [3.63, 3.8) is 0 Å². The van der Waals surface area contributed by atoms with E-state index in [-0.39, 0.29) is 0 Å². The summed E-state index contributed by atoms with van der Waals surface area (Å²) in [5.41, 5.74) is 5.65. The average Bonchev–Trinajstić information content (AvgIpc) is 3.59. The van der Waals surface area contributed by atoms with E-state index in [0.29, 0.717) is 22.8 Å². The van der Waals surface area contributed by atoms with Gasteiger partial charge in [-0.3, -0.25) is 0 Å². The fraction of sp³-hybridized carbons (Fsp3) is 0.0714. The molecule has 0 aliphatic heterocycles. The van der Waals surface area contributed by atoms with Crippen LogP contribution in [0.5, 0.6) is 0 Å². The number of benzene rings is 3. The van der Waals surface area contributed by atoms with Crippen molar-refractivity contribution < 1.29 is 19.1 Å². The van der Waals surface area contributed by atoms with Crippen molar-refractivity contribution in [1.82, 2.24) is 19.6 Å². The Morgan fingerprint density at radius 2 is 0.944 bits per heavy atom. The first-order chi connectivity index (χ1) is 17.6. The lowest BCUT2D eigenvalue weighted by Gasteiger charge is -2.04. The molecule has 8 nitrogen and oxygen atoms in total. The fourth-order valence-electron chi connectivity index (χ4n) is 3.96. The molecular formula is C28H22N4O4. The highest BCUT2D eigenvalue weighted by atomic mass is 16.5. The van der Waals surface area contributed by atoms with Gasteiger partial charge >= 0.3 is 12.2 Å². The van der Waals surface area contributed by atoms with Crippen LogP contribution in [0.1, 0.15) is 0 Å². The molecule has 0 saturated carbocycles. The molecular weight excluding hydrogens is 456 g/mol. The molecule has 0 bridgehead atoms. The monoisotopic (exact) mass is 478 g/mol. The van der Waals surface area contributed by atoms with E-state index in [9.17, 15) is 9.59 Å². The van der Waals surface area contributed by atoms with Gasteiger partial charge in [-0.1, -0.05) is 78.9 Å². The van der Waals surface area contributed by atoms with Crippen LogP contribution in [0.3, 0.4) is 0 Å². The lowest BCUT2D eigenvalue weighted by molar-refractivity contribution is 0.169. The molecule has 0 amide bonds. The molecule has 0 atom stereocenters. The molecule has 0 spiro atoms. The number of hydrogen-bond acceptors (Lipinski definition) is 6. The minimum Gasteiger partial charge on any atom is -0.451 e. The summed E-state index contributed by atoms with van der Waals surface area (Å²) in [7, 11) is 2.64. The van der Waals surface area contributed by atoms with Crippen LogP contribution in [0.25, 0.3) is 45.0 Å². The molecule has 0 N–H and O–H groups in total. The molecule has 0 saturated heterocycles. The van der Waals surface area contributed by atoms with E-state index in [2.05, 4.69) is 10.2 Å². The van der Waals surface area contributed by atoms with Gasteiger partial charge in [0.05, 0.1) is 37.0 Å². The molecule has 3 aromatic carbocycles. The Hall–Kier alpha value is -4.98. The molecule has 0 radical (unpaired) electrons. The second-order valence-electron chi connectivity index (χ2n) is 7.91. The fourth-order valence-corrected chi connectivity index (χ4v) is 3.96. The summed E-state index contributed by atoms with van der Waals surface area (Å²) in [6, 6.07) is 30.3. The number of methoxy groups -OCH3 is 2. The van der Waals surface area contributed by atoms with Crippen LogP contribution >= 0.6 is 0 Å². The summed E-state index contributed by atoms with van der Waals surface area (Å²) in [5, 5.41) is 9.03. The van der Waals surface area contributed by atoms with Gasteiger partial charge in [-0.25, -0.2) is 9.59 Å². The number of carbonyl (C=O) groups excluding carboxylic acids is 2. The number of ether oxygens (including phenoxy) is 2. The standard InChI is InChI=1S/C28H22N4O4/c1-35-27(33)31-25(19-10-5-3-6-11-19)17-23(29-31)21-14-9-15-22(16-21)24-18-26(20-12-7-4-8-13-20)32(30-24)28(34)36-2/h3-18H,1-2H3. The number of aromatic nitrogens is 4. The third-order valence-electron chi connectivity index (χ3n) is 5.71. The molecule has 0 aliphatic rings. The van der Waals surface area contributed by atoms with Crippen molar-refractivity contribution in [1.29, 1.82) is 0 Å². The van der Waals surface area contributed by atoms with Crippen LogP contribution < -0.4 is 0 Å². The van der Waals surface area contributed by atoms with Crippen molar-refractivity contribution in [3.05, 3.63) is 97.1 Å². The maximum atomic E-state index is 12.4. The van der Waals surface area contributed by atoms with E-state index in [1.165, 1.54) is 23.6 Å². The summed E-state index contributed by atoms with van der Waals surface area (Å²) in [5.74, 6) is 0. The van der Waals surface area contributed by atoms with E-state index in [1.54, 1.807) is 0 Å². The van der Waals surface area contributed by atoms with Gasteiger partial charge < -0.3 is 9.47 Å². The van der Waals surface area contributed by atoms with Crippen molar-refractivity contribution in [2.45, 2.75) is 0 Å². The van der Waals surface area contributed by atoms with Crippen molar-refractivity contribution in [2.24, 2.45) is 0 Å². The first-order valence-electron chi connectivity index (χ1n) is 11.2. The molecule has 5 rings (SSSR count). The van der Waals surface area contributed by atoms with Gasteiger partial charge in [0.25, 0.3) is 0 Å². The molecule has 0 unspecified atom stereocenters. The molecule has 2 aromatic heterocycles. The Bertz CT molecular complexity index is 1430. The van der Waals surface area contributed by atoms with E-state index in [4.69, 9.17) is 9.47 Å². The van der Waals surface area contributed by atoms with E-state index >= 15 is 0 Å². The van der Waals surface area contributed by atoms with Gasteiger partial charge in [0.15, 0.2) is 0 Å². The summed E-state index contributed by atoms with van der Waals surface area (Å²) >= 11 is 0. The molecule has 36 heavy (non-hydrogen) atoms. The SMILES string of the molecule is COC(=O)n1nc(-c2cccc(-c3cc(-c4ccccc4)n(C(=O)OC)n3)c2)cc1-c1ccccc1. The maximum absolute atomic E-state index is 12.4. The van der Waals surface area contributed by atoms with Crippen LogP contribution in [-0.4, -0.2) is 46.0 Å². The Morgan fingerprint density at radius 1 is 0.556 bits per heavy atom.